The fourth-order valence-electron chi connectivity index (χ4n) is 2.60. The van der Waals surface area contributed by atoms with E-state index in [1.807, 2.05) is 0 Å². The van der Waals surface area contributed by atoms with Crippen LogP contribution in [0.5, 0.6) is 0 Å². The Balaban J connectivity index is 2.10. The zero-order valence-corrected chi connectivity index (χ0v) is 12.0. The highest BCUT2D eigenvalue weighted by Gasteiger charge is 2.24. The molecule has 1 aliphatic rings. The van der Waals surface area contributed by atoms with Gasteiger partial charge in [-0.2, -0.15) is 0 Å². The van der Waals surface area contributed by atoms with E-state index in [0.717, 1.165) is 24.8 Å². The lowest BCUT2D eigenvalue weighted by Gasteiger charge is -2.33. The molecule has 0 radical (unpaired) electrons. The second-order valence-electron chi connectivity index (χ2n) is 5.48. The van der Waals surface area contributed by atoms with Crippen molar-refractivity contribution in [3.8, 4) is 0 Å². The third kappa shape index (κ3) is 6.38. The minimum absolute atomic E-state index is 0.531. The van der Waals surface area contributed by atoms with Gasteiger partial charge in [0.15, 0.2) is 0 Å². The Morgan fingerprint density at radius 1 is 1.18 bits per heavy atom. The molecular weight excluding hydrogens is 236 g/mol. The zero-order valence-electron chi connectivity index (χ0n) is 11.2. The standard InChI is InChI=1S/C12H26N2O2S/c1-10-5-6-12(11(2)9-10)13-7-4-8-14-17(3,15)16/h10-14H,4-9H2,1-3H3/t10-,11+,12-/m1/s1. The van der Waals surface area contributed by atoms with Crippen LogP contribution in [0.1, 0.15) is 39.5 Å². The average Bonchev–Trinajstić information content (AvgIpc) is 2.18. The van der Waals surface area contributed by atoms with Crippen LogP contribution in [0.15, 0.2) is 0 Å². The average molecular weight is 262 g/mol. The van der Waals surface area contributed by atoms with Crippen molar-refractivity contribution < 1.29 is 8.42 Å². The van der Waals surface area contributed by atoms with E-state index in [4.69, 9.17) is 0 Å². The fraction of sp³-hybridized carbons (Fsp3) is 1.00. The summed E-state index contributed by atoms with van der Waals surface area (Å²) in [6, 6.07) is 0.615. The molecule has 4 nitrogen and oxygen atoms in total. The highest BCUT2D eigenvalue weighted by Crippen LogP contribution is 2.28. The van der Waals surface area contributed by atoms with E-state index < -0.39 is 10.0 Å². The molecule has 2 N–H and O–H groups in total. The van der Waals surface area contributed by atoms with E-state index in [-0.39, 0.29) is 0 Å². The molecule has 102 valence electrons. The number of nitrogens with one attached hydrogen (secondary N) is 2. The molecule has 0 unspecified atom stereocenters. The molecule has 0 aliphatic heterocycles. The van der Waals surface area contributed by atoms with Gasteiger partial charge in [-0.15, -0.1) is 0 Å². The van der Waals surface area contributed by atoms with Crippen molar-refractivity contribution in [1.29, 1.82) is 0 Å². The molecule has 1 fully saturated rings. The van der Waals surface area contributed by atoms with E-state index in [1.165, 1.54) is 25.5 Å². The van der Waals surface area contributed by atoms with Crippen LogP contribution in [0, 0.1) is 11.8 Å². The Labute approximate surface area is 106 Å². The van der Waals surface area contributed by atoms with Gasteiger partial charge in [-0.05, 0) is 44.1 Å². The molecular formula is C12H26N2O2S. The summed E-state index contributed by atoms with van der Waals surface area (Å²) in [5, 5.41) is 3.54. The van der Waals surface area contributed by atoms with E-state index in [0.29, 0.717) is 12.6 Å². The van der Waals surface area contributed by atoms with Crippen LogP contribution in [-0.4, -0.2) is 33.8 Å². The molecule has 3 atom stereocenters. The third-order valence-electron chi connectivity index (χ3n) is 3.56. The molecule has 0 amide bonds. The summed E-state index contributed by atoms with van der Waals surface area (Å²) < 4.78 is 24.2. The van der Waals surface area contributed by atoms with Crippen LogP contribution in [0.4, 0.5) is 0 Å². The van der Waals surface area contributed by atoms with Gasteiger partial charge in [0.25, 0.3) is 0 Å². The van der Waals surface area contributed by atoms with Gasteiger partial charge in [0.2, 0.25) is 10.0 Å². The van der Waals surface area contributed by atoms with E-state index in [9.17, 15) is 8.42 Å². The normalized spacial score (nSPS) is 30.4. The van der Waals surface area contributed by atoms with E-state index in [2.05, 4.69) is 23.9 Å². The van der Waals surface area contributed by atoms with Gasteiger partial charge >= 0.3 is 0 Å². The van der Waals surface area contributed by atoms with Crippen molar-refractivity contribution in [1.82, 2.24) is 10.0 Å². The summed E-state index contributed by atoms with van der Waals surface area (Å²) >= 11 is 0. The first-order valence-electron chi connectivity index (χ1n) is 6.56. The van der Waals surface area contributed by atoms with Crippen molar-refractivity contribution in [3.63, 3.8) is 0 Å². The molecule has 0 saturated heterocycles. The second kappa shape index (κ2) is 6.71. The van der Waals surface area contributed by atoms with Crippen molar-refractivity contribution in [2.24, 2.45) is 11.8 Å². The highest BCUT2D eigenvalue weighted by molar-refractivity contribution is 7.88. The van der Waals surface area contributed by atoms with Gasteiger partial charge in [-0.3, -0.25) is 0 Å². The lowest BCUT2D eigenvalue weighted by atomic mass is 9.80. The summed E-state index contributed by atoms with van der Waals surface area (Å²) in [5.41, 5.74) is 0. The predicted molar refractivity (Wildman–Crippen MR) is 71.4 cm³/mol. The molecule has 17 heavy (non-hydrogen) atoms. The van der Waals surface area contributed by atoms with Crippen molar-refractivity contribution >= 4 is 10.0 Å². The summed E-state index contributed by atoms with van der Waals surface area (Å²) in [6.45, 7) is 6.06. The van der Waals surface area contributed by atoms with E-state index in [1.54, 1.807) is 0 Å². The van der Waals surface area contributed by atoms with Crippen LogP contribution < -0.4 is 10.0 Å². The Kier molecular flexibility index (Phi) is 5.89. The Morgan fingerprint density at radius 2 is 1.88 bits per heavy atom. The third-order valence-corrected chi connectivity index (χ3v) is 4.28. The topological polar surface area (TPSA) is 58.2 Å². The first kappa shape index (κ1) is 14.9. The number of sulfonamides is 1. The van der Waals surface area contributed by atoms with Crippen molar-refractivity contribution in [3.05, 3.63) is 0 Å². The van der Waals surface area contributed by atoms with Crippen LogP contribution in [-0.2, 0) is 10.0 Å². The smallest absolute Gasteiger partial charge is 0.208 e. The Hall–Kier alpha value is -0.130. The minimum Gasteiger partial charge on any atom is -0.314 e. The molecule has 0 bridgehead atoms. The molecule has 0 spiro atoms. The second-order valence-corrected chi connectivity index (χ2v) is 7.31. The van der Waals surface area contributed by atoms with Crippen LogP contribution >= 0.6 is 0 Å². The Bertz CT molecular complexity index is 316. The first-order valence-corrected chi connectivity index (χ1v) is 8.45. The van der Waals surface area contributed by atoms with Gasteiger partial charge in [-0.1, -0.05) is 13.8 Å². The van der Waals surface area contributed by atoms with Crippen molar-refractivity contribution in [2.45, 2.75) is 45.6 Å². The van der Waals surface area contributed by atoms with Gasteiger partial charge in [0.1, 0.15) is 0 Å². The zero-order chi connectivity index (χ0) is 12.9. The molecule has 0 heterocycles. The van der Waals surface area contributed by atoms with Gasteiger partial charge < -0.3 is 5.32 Å². The summed E-state index contributed by atoms with van der Waals surface area (Å²) in [6.07, 6.45) is 5.92. The predicted octanol–water partition coefficient (Wildman–Crippen LogP) is 1.34. The first-order chi connectivity index (χ1) is 7.88. The molecule has 1 aliphatic carbocycles. The Morgan fingerprint density at radius 3 is 2.47 bits per heavy atom. The summed E-state index contributed by atoms with van der Waals surface area (Å²) in [7, 11) is -3.03. The highest BCUT2D eigenvalue weighted by atomic mass is 32.2. The molecule has 0 aromatic heterocycles. The summed E-state index contributed by atoms with van der Waals surface area (Å²) in [5.74, 6) is 1.59. The van der Waals surface area contributed by atoms with E-state index >= 15 is 0 Å². The fourth-order valence-corrected chi connectivity index (χ4v) is 3.12. The maximum absolute atomic E-state index is 10.9. The van der Waals surface area contributed by atoms with Crippen LogP contribution in [0.2, 0.25) is 0 Å². The maximum atomic E-state index is 10.9. The van der Waals surface area contributed by atoms with Crippen LogP contribution in [0.3, 0.4) is 0 Å². The SMILES string of the molecule is C[C@@H]1CC[C@@H](NCCCNS(C)(=O)=O)[C@@H](C)C1. The van der Waals surface area contributed by atoms with Gasteiger partial charge in [0, 0.05) is 12.6 Å². The number of rotatable bonds is 6. The molecule has 5 heteroatoms. The largest absolute Gasteiger partial charge is 0.314 e. The lowest BCUT2D eigenvalue weighted by molar-refractivity contribution is 0.228. The van der Waals surface area contributed by atoms with Gasteiger partial charge in [-0.25, -0.2) is 13.1 Å². The molecule has 0 aromatic rings. The number of hydrogen-bond donors (Lipinski definition) is 2. The molecule has 0 aromatic carbocycles. The maximum Gasteiger partial charge on any atom is 0.208 e. The molecule has 1 saturated carbocycles. The molecule has 1 rings (SSSR count). The lowest BCUT2D eigenvalue weighted by Crippen LogP contribution is -2.40. The van der Waals surface area contributed by atoms with Gasteiger partial charge in [0.05, 0.1) is 6.26 Å². The van der Waals surface area contributed by atoms with Crippen molar-refractivity contribution in [2.75, 3.05) is 19.3 Å². The summed E-state index contributed by atoms with van der Waals surface area (Å²) in [4.78, 5) is 0. The van der Waals surface area contributed by atoms with Crippen LogP contribution in [0.25, 0.3) is 0 Å². The quantitative estimate of drug-likeness (QED) is 0.710. The number of hydrogen-bond acceptors (Lipinski definition) is 3. The minimum atomic E-state index is -3.03. The monoisotopic (exact) mass is 262 g/mol.